The van der Waals surface area contributed by atoms with E-state index in [1.165, 1.54) is 12.1 Å². The van der Waals surface area contributed by atoms with Crippen LogP contribution in [0.2, 0.25) is 0 Å². The van der Waals surface area contributed by atoms with Gasteiger partial charge in [-0.1, -0.05) is 19.1 Å². The van der Waals surface area contributed by atoms with Crippen molar-refractivity contribution in [3.8, 4) is 0 Å². The molecule has 0 aliphatic heterocycles. The summed E-state index contributed by atoms with van der Waals surface area (Å²) in [6.45, 7) is 1.61. The summed E-state index contributed by atoms with van der Waals surface area (Å²) in [5, 5.41) is 2.84. The van der Waals surface area contributed by atoms with Crippen molar-refractivity contribution >= 4 is 21.4 Å². The number of anilines is 1. The minimum Gasteiger partial charge on any atom is -0.326 e. The first-order valence-electron chi connectivity index (χ1n) is 6.81. The normalized spacial score (nSPS) is 18.8. The molecule has 108 valence electrons. The second-order valence-electron chi connectivity index (χ2n) is 4.90. The van der Waals surface area contributed by atoms with E-state index in [1.54, 1.807) is 19.1 Å². The molecule has 1 aliphatic carbocycles. The number of carbonyl (C=O) groups excluding carboxylic acids is 1. The summed E-state index contributed by atoms with van der Waals surface area (Å²) in [5.41, 5.74) is 0.639. The highest BCUT2D eigenvalue weighted by molar-refractivity contribution is 7.91. The van der Waals surface area contributed by atoms with E-state index in [2.05, 4.69) is 11.4 Å². The molecule has 0 aromatic heterocycles. The summed E-state index contributed by atoms with van der Waals surface area (Å²) < 4.78 is 23.4. The average molecular weight is 293 g/mol. The van der Waals surface area contributed by atoms with E-state index in [1.807, 2.05) is 6.08 Å². The van der Waals surface area contributed by atoms with Gasteiger partial charge in [-0.3, -0.25) is 4.79 Å². The van der Waals surface area contributed by atoms with Crippen LogP contribution in [0.1, 0.15) is 26.2 Å². The molecule has 2 rings (SSSR count). The zero-order chi connectivity index (χ0) is 14.6. The maximum Gasteiger partial charge on any atom is 0.227 e. The molecule has 0 heterocycles. The summed E-state index contributed by atoms with van der Waals surface area (Å²) in [4.78, 5) is 12.3. The minimum absolute atomic E-state index is 0.000415. The van der Waals surface area contributed by atoms with Gasteiger partial charge in [0.05, 0.1) is 10.6 Å². The van der Waals surface area contributed by atoms with Crippen molar-refractivity contribution in [3.05, 3.63) is 36.4 Å². The molecule has 20 heavy (non-hydrogen) atoms. The largest absolute Gasteiger partial charge is 0.326 e. The summed E-state index contributed by atoms with van der Waals surface area (Å²) in [7, 11) is -3.19. The number of hydrogen-bond acceptors (Lipinski definition) is 3. The third-order valence-electron chi connectivity index (χ3n) is 3.50. The maximum atomic E-state index is 12.0. The van der Waals surface area contributed by atoms with Gasteiger partial charge in [-0.05, 0) is 43.5 Å². The van der Waals surface area contributed by atoms with Crippen LogP contribution in [0.4, 0.5) is 5.69 Å². The fraction of sp³-hybridized carbons (Fsp3) is 0.400. The zero-order valence-electron chi connectivity index (χ0n) is 11.5. The Morgan fingerprint density at radius 2 is 1.95 bits per heavy atom. The van der Waals surface area contributed by atoms with Crippen molar-refractivity contribution in [2.24, 2.45) is 5.92 Å². The molecule has 1 amide bonds. The Balaban J connectivity index is 2.04. The van der Waals surface area contributed by atoms with Crippen LogP contribution in [-0.4, -0.2) is 20.1 Å². The number of amides is 1. The minimum atomic E-state index is -3.19. The van der Waals surface area contributed by atoms with Gasteiger partial charge >= 0.3 is 0 Å². The standard InChI is InChI=1S/C15H19NO3S/c1-2-20(18,19)14-10-8-13(9-11-14)16-15(17)12-6-4-3-5-7-12/h3-4,8-12H,2,5-7H2,1H3,(H,16,17)/t12-/m0/s1. The van der Waals surface area contributed by atoms with Crippen LogP contribution < -0.4 is 5.32 Å². The lowest BCUT2D eigenvalue weighted by atomic mass is 9.93. The van der Waals surface area contributed by atoms with Gasteiger partial charge in [-0.15, -0.1) is 0 Å². The highest BCUT2D eigenvalue weighted by Gasteiger charge is 2.19. The molecule has 0 spiro atoms. The molecule has 4 nitrogen and oxygen atoms in total. The van der Waals surface area contributed by atoms with Crippen LogP contribution in [-0.2, 0) is 14.6 Å². The van der Waals surface area contributed by atoms with Crippen LogP contribution in [0.5, 0.6) is 0 Å². The zero-order valence-corrected chi connectivity index (χ0v) is 12.3. The summed E-state index contributed by atoms with van der Waals surface area (Å²) >= 11 is 0. The monoisotopic (exact) mass is 293 g/mol. The van der Waals surface area contributed by atoms with Crippen molar-refractivity contribution in [2.45, 2.75) is 31.1 Å². The Bertz CT molecular complexity index is 603. The Hall–Kier alpha value is -1.62. The molecule has 1 aliphatic rings. The fourth-order valence-corrected chi connectivity index (χ4v) is 3.07. The second kappa shape index (κ2) is 6.22. The predicted octanol–water partition coefficient (Wildman–Crippen LogP) is 2.78. The van der Waals surface area contributed by atoms with E-state index in [0.29, 0.717) is 10.6 Å². The summed E-state index contributed by atoms with van der Waals surface area (Å²) in [6, 6.07) is 6.35. The molecule has 0 unspecified atom stereocenters. The molecule has 0 saturated carbocycles. The lowest BCUT2D eigenvalue weighted by Crippen LogP contribution is -2.23. The van der Waals surface area contributed by atoms with Gasteiger partial charge in [-0.2, -0.15) is 0 Å². The van der Waals surface area contributed by atoms with Gasteiger partial charge in [0.15, 0.2) is 9.84 Å². The van der Waals surface area contributed by atoms with E-state index in [9.17, 15) is 13.2 Å². The van der Waals surface area contributed by atoms with Crippen LogP contribution in [0.3, 0.4) is 0 Å². The lowest BCUT2D eigenvalue weighted by Gasteiger charge is -2.17. The molecule has 0 saturated heterocycles. The first-order chi connectivity index (χ1) is 9.53. The maximum absolute atomic E-state index is 12.0. The van der Waals surface area contributed by atoms with Gasteiger partial charge in [0.1, 0.15) is 0 Å². The number of carbonyl (C=O) groups is 1. The van der Waals surface area contributed by atoms with Gasteiger partial charge < -0.3 is 5.32 Å². The van der Waals surface area contributed by atoms with E-state index in [0.717, 1.165) is 19.3 Å². The van der Waals surface area contributed by atoms with Crippen LogP contribution in [0, 0.1) is 5.92 Å². The van der Waals surface area contributed by atoms with Crippen LogP contribution in [0.15, 0.2) is 41.3 Å². The number of nitrogens with one attached hydrogen (secondary N) is 1. The first-order valence-corrected chi connectivity index (χ1v) is 8.47. The Morgan fingerprint density at radius 3 is 2.50 bits per heavy atom. The second-order valence-corrected chi connectivity index (χ2v) is 7.18. The average Bonchev–Trinajstić information content (AvgIpc) is 2.48. The van der Waals surface area contributed by atoms with Crippen LogP contribution >= 0.6 is 0 Å². The van der Waals surface area contributed by atoms with Crippen molar-refractivity contribution in [1.29, 1.82) is 0 Å². The topological polar surface area (TPSA) is 63.2 Å². The Kier molecular flexibility index (Phi) is 4.60. The molecule has 5 heteroatoms. The number of sulfone groups is 1. The number of benzene rings is 1. The SMILES string of the molecule is CCS(=O)(=O)c1ccc(NC(=O)[C@H]2CC=CCC2)cc1. The number of allylic oxidation sites excluding steroid dienone is 2. The summed E-state index contributed by atoms with van der Waals surface area (Å²) in [6.07, 6.45) is 6.70. The van der Waals surface area contributed by atoms with Crippen molar-refractivity contribution < 1.29 is 13.2 Å². The van der Waals surface area contributed by atoms with Gasteiger partial charge in [0, 0.05) is 11.6 Å². The molecule has 0 fully saturated rings. The molecule has 1 aromatic carbocycles. The molecule has 0 radical (unpaired) electrons. The van der Waals surface area contributed by atoms with Crippen LogP contribution in [0.25, 0.3) is 0 Å². The molecule has 1 N–H and O–H groups in total. The third kappa shape index (κ3) is 3.48. The quantitative estimate of drug-likeness (QED) is 0.868. The van der Waals surface area contributed by atoms with Crippen molar-refractivity contribution in [3.63, 3.8) is 0 Å². The van der Waals surface area contributed by atoms with E-state index >= 15 is 0 Å². The number of rotatable bonds is 4. The molecule has 1 atom stereocenters. The third-order valence-corrected chi connectivity index (χ3v) is 5.25. The molecular weight excluding hydrogens is 274 g/mol. The first kappa shape index (κ1) is 14.8. The van der Waals surface area contributed by atoms with E-state index < -0.39 is 9.84 Å². The smallest absolute Gasteiger partial charge is 0.227 e. The molecule has 0 bridgehead atoms. The molecular formula is C15H19NO3S. The highest BCUT2D eigenvalue weighted by atomic mass is 32.2. The van der Waals surface area contributed by atoms with E-state index in [-0.39, 0.29) is 17.6 Å². The summed E-state index contributed by atoms with van der Waals surface area (Å²) in [5.74, 6) is 0.0899. The van der Waals surface area contributed by atoms with Crippen molar-refractivity contribution in [2.75, 3.05) is 11.1 Å². The predicted molar refractivity (Wildman–Crippen MR) is 79.3 cm³/mol. The van der Waals surface area contributed by atoms with Crippen molar-refractivity contribution in [1.82, 2.24) is 0 Å². The van der Waals surface area contributed by atoms with Gasteiger partial charge in [-0.25, -0.2) is 8.42 Å². The Morgan fingerprint density at radius 1 is 1.25 bits per heavy atom. The van der Waals surface area contributed by atoms with E-state index in [4.69, 9.17) is 0 Å². The van der Waals surface area contributed by atoms with Gasteiger partial charge in [0.25, 0.3) is 0 Å². The highest BCUT2D eigenvalue weighted by Crippen LogP contribution is 2.21. The van der Waals surface area contributed by atoms with Gasteiger partial charge in [0.2, 0.25) is 5.91 Å². The Labute approximate surface area is 119 Å². The molecule has 1 aromatic rings. The number of hydrogen-bond donors (Lipinski definition) is 1. The lowest BCUT2D eigenvalue weighted by molar-refractivity contribution is -0.120. The fourth-order valence-electron chi connectivity index (χ4n) is 2.19.